The third kappa shape index (κ3) is 3.23. The predicted molar refractivity (Wildman–Crippen MR) is 58.8 cm³/mol. The van der Waals surface area contributed by atoms with Crippen LogP contribution in [0.25, 0.3) is 0 Å². The van der Waals surface area contributed by atoms with Crippen LogP contribution >= 0.6 is 11.8 Å². The standard InChI is InChI=1S/C11H19NS/c1-2-3-4-5-7-11(10-12)8-6-9-13-11/h2-9H2,1H3. The fourth-order valence-corrected chi connectivity index (χ4v) is 3.20. The SMILES string of the molecule is CCCCCCC1(C#N)CCCS1. The van der Waals surface area contributed by atoms with Gasteiger partial charge in [0, 0.05) is 0 Å². The normalized spacial score (nSPS) is 27.4. The molecule has 2 heteroatoms. The molecule has 0 radical (unpaired) electrons. The molecule has 1 aliphatic rings. The summed E-state index contributed by atoms with van der Waals surface area (Å²) < 4.78 is 0.00768. The lowest BCUT2D eigenvalue weighted by atomic mass is 9.97. The first kappa shape index (κ1) is 10.9. The zero-order chi connectivity index (χ0) is 9.57. The van der Waals surface area contributed by atoms with Crippen molar-refractivity contribution in [3.8, 4) is 6.07 Å². The van der Waals surface area contributed by atoms with Crippen molar-refractivity contribution in [3.63, 3.8) is 0 Å². The molecule has 0 aliphatic carbocycles. The van der Waals surface area contributed by atoms with Crippen LogP contribution < -0.4 is 0 Å². The topological polar surface area (TPSA) is 23.8 Å². The van der Waals surface area contributed by atoms with E-state index >= 15 is 0 Å². The molecule has 0 aromatic heterocycles. The summed E-state index contributed by atoms with van der Waals surface area (Å²) in [6, 6.07) is 2.52. The summed E-state index contributed by atoms with van der Waals surface area (Å²) in [5.74, 6) is 1.20. The smallest absolute Gasteiger partial charge is 0.102 e. The minimum atomic E-state index is 0.00768. The lowest BCUT2D eigenvalue weighted by Crippen LogP contribution is -2.17. The Labute approximate surface area is 85.9 Å². The second kappa shape index (κ2) is 5.54. The largest absolute Gasteiger partial charge is 0.197 e. The number of nitriles is 1. The van der Waals surface area contributed by atoms with Crippen molar-refractivity contribution in [2.24, 2.45) is 0 Å². The molecular formula is C11H19NS. The summed E-state index contributed by atoms with van der Waals surface area (Å²) in [5.41, 5.74) is 0. The first-order chi connectivity index (χ1) is 6.33. The monoisotopic (exact) mass is 197 g/mol. The van der Waals surface area contributed by atoms with Crippen LogP contribution in [0.4, 0.5) is 0 Å². The Morgan fingerprint density at radius 1 is 1.38 bits per heavy atom. The maximum atomic E-state index is 9.10. The number of hydrogen-bond donors (Lipinski definition) is 0. The van der Waals surface area contributed by atoms with Crippen LogP contribution in [0.15, 0.2) is 0 Å². The van der Waals surface area contributed by atoms with E-state index in [9.17, 15) is 0 Å². The second-order valence-electron chi connectivity index (χ2n) is 3.87. The fourth-order valence-electron chi connectivity index (χ4n) is 1.88. The molecule has 1 heterocycles. The first-order valence-corrected chi connectivity index (χ1v) is 6.37. The van der Waals surface area contributed by atoms with Crippen LogP contribution in [0.2, 0.25) is 0 Å². The van der Waals surface area contributed by atoms with Crippen LogP contribution in [0.3, 0.4) is 0 Å². The molecule has 1 unspecified atom stereocenters. The highest BCUT2D eigenvalue weighted by atomic mass is 32.2. The van der Waals surface area contributed by atoms with Gasteiger partial charge in [-0.1, -0.05) is 32.6 Å². The van der Waals surface area contributed by atoms with E-state index < -0.39 is 0 Å². The van der Waals surface area contributed by atoms with E-state index in [0.717, 1.165) is 12.8 Å². The molecule has 1 atom stereocenters. The van der Waals surface area contributed by atoms with Crippen molar-refractivity contribution < 1.29 is 0 Å². The Morgan fingerprint density at radius 3 is 2.77 bits per heavy atom. The zero-order valence-corrected chi connectivity index (χ0v) is 9.33. The van der Waals surface area contributed by atoms with Crippen molar-refractivity contribution in [2.45, 2.75) is 56.6 Å². The van der Waals surface area contributed by atoms with Gasteiger partial charge in [0.1, 0.15) is 4.75 Å². The van der Waals surface area contributed by atoms with Gasteiger partial charge in [-0.2, -0.15) is 5.26 Å². The molecular weight excluding hydrogens is 178 g/mol. The van der Waals surface area contributed by atoms with E-state index in [1.807, 2.05) is 11.8 Å². The number of hydrogen-bond acceptors (Lipinski definition) is 2. The van der Waals surface area contributed by atoms with Gasteiger partial charge >= 0.3 is 0 Å². The molecule has 1 nitrogen and oxygen atoms in total. The van der Waals surface area contributed by atoms with E-state index in [2.05, 4.69) is 13.0 Å². The molecule has 0 saturated carbocycles. The second-order valence-corrected chi connectivity index (χ2v) is 5.35. The van der Waals surface area contributed by atoms with Gasteiger partial charge < -0.3 is 0 Å². The van der Waals surface area contributed by atoms with E-state index in [-0.39, 0.29) is 4.75 Å². The molecule has 1 fully saturated rings. The summed E-state index contributed by atoms with van der Waals surface area (Å²) in [5, 5.41) is 9.10. The molecule has 1 saturated heterocycles. The molecule has 1 aliphatic heterocycles. The molecule has 13 heavy (non-hydrogen) atoms. The Kier molecular flexibility index (Phi) is 4.66. The van der Waals surface area contributed by atoms with Crippen LogP contribution in [-0.4, -0.2) is 10.5 Å². The van der Waals surface area contributed by atoms with Crippen LogP contribution in [0, 0.1) is 11.3 Å². The van der Waals surface area contributed by atoms with Gasteiger partial charge in [0.25, 0.3) is 0 Å². The average molecular weight is 197 g/mol. The zero-order valence-electron chi connectivity index (χ0n) is 8.51. The number of unbranched alkanes of at least 4 members (excludes halogenated alkanes) is 3. The summed E-state index contributed by atoms with van der Waals surface area (Å²) in [4.78, 5) is 0. The summed E-state index contributed by atoms with van der Waals surface area (Å²) >= 11 is 1.89. The number of nitrogens with zero attached hydrogens (tertiary/aromatic N) is 1. The van der Waals surface area contributed by atoms with Crippen LogP contribution in [-0.2, 0) is 0 Å². The molecule has 0 N–H and O–H groups in total. The Hall–Kier alpha value is -0.160. The van der Waals surface area contributed by atoms with Crippen LogP contribution in [0.1, 0.15) is 51.9 Å². The third-order valence-corrected chi connectivity index (χ3v) is 4.29. The third-order valence-electron chi connectivity index (χ3n) is 2.74. The maximum Gasteiger partial charge on any atom is 0.102 e. The van der Waals surface area contributed by atoms with E-state index in [1.165, 1.54) is 37.9 Å². The first-order valence-electron chi connectivity index (χ1n) is 5.38. The average Bonchev–Trinajstić information content (AvgIpc) is 2.62. The van der Waals surface area contributed by atoms with E-state index in [1.54, 1.807) is 0 Å². The minimum Gasteiger partial charge on any atom is -0.197 e. The van der Waals surface area contributed by atoms with Gasteiger partial charge in [-0.05, 0) is 25.0 Å². The summed E-state index contributed by atoms with van der Waals surface area (Å²) in [6.07, 6.45) is 8.65. The predicted octanol–water partition coefficient (Wildman–Crippen LogP) is 3.75. The number of thioether (sulfide) groups is 1. The lowest BCUT2D eigenvalue weighted by Gasteiger charge is -2.18. The quantitative estimate of drug-likeness (QED) is 0.627. The van der Waals surface area contributed by atoms with Crippen molar-refractivity contribution in [3.05, 3.63) is 0 Å². The van der Waals surface area contributed by atoms with Gasteiger partial charge in [-0.25, -0.2) is 0 Å². The van der Waals surface area contributed by atoms with Crippen molar-refractivity contribution in [1.82, 2.24) is 0 Å². The van der Waals surface area contributed by atoms with Gasteiger partial charge in [0.15, 0.2) is 0 Å². The number of rotatable bonds is 5. The molecule has 1 rings (SSSR count). The molecule has 0 spiro atoms. The van der Waals surface area contributed by atoms with E-state index in [4.69, 9.17) is 5.26 Å². The Balaban J connectivity index is 2.21. The van der Waals surface area contributed by atoms with Gasteiger partial charge in [0.2, 0.25) is 0 Å². The van der Waals surface area contributed by atoms with Crippen molar-refractivity contribution in [2.75, 3.05) is 5.75 Å². The molecule has 0 amide bonds. The van der Waals surface area contributed by atoms with Crippen molar-refractivity contribution in [1.29, 1.82) is 5.26 Å². The van der Waals surface area contributed by atoms with Gasteiger partial charge in [-0.15, -0.1) is 11.8 Å². The molecule has 0 aromatic carbocycles. The summed E-state index contributed by atoms with van der Waals surface area (Å²) in [6.45, 7) is 2.23. The highest BCUT2D eigenvalue weighted by molar-refractivity contribution is 8.01. The van der Waals surface area contributed by atoms with Gasteiger partial charge in [-0.3, -0.25) is 0 Å². The Morgan fingerprint density at radius 2 is 2.23 bits per heavy atom. The van der Waals surface area contributed by atoms with E-state index in [0.29, 0.717) is 0 Å². The highest BCUT2D eigenvalue weighted by Gasteiger charge is 2.33. The Bertz CT molecular complexity index is 177. The van der Waals surface area contributed by atoms with Crippen molar-refractivity contribution >= 4 is 11.8 Å². The molecule has 0 aromatic rings. The van der Waals surface area contributed by atoms with Crippen LogP contribution in [0.5, 0.6) is 0 Å². The fraction of sp³-hybridized carbons (Fsp3) is 0.909. The molecule has 0 bridgehead atoms. The summed E-state index contributed by atoms with van der Waals surface area (Å²) in [7, 11) is 0. The van der Waals surface area contributed by atoms with Gasteiger partial charge in [0.05, 0.1) is 6.07 Å². The minimum absolute atomic E-state index is 0.00768. The lowest BCUT2D eigenvalue weighted by molar-refractivity contribution is 0.555. The maximum absolute atomic E-state index is 9.10. The highest BCUT2D eigenvalue weighted by Crippen LogP contribution is 2.41. The molecule has 74 valence electrons.